The molecule has 2 aromatic carbocycles. The first-order valence-corrected chi connectivity index (χ1v) is 9.09. The van der Waals surface area contributed by atoms with Crippen LogP contribution in [0, 0.1) is 12.7 Å². The minimum atomic E-state index is -0.342. The molecule has 0 saturated heterocycles. The van der Waals surface area contributed by atoms with Gasteiger partial charge in [-0.3, -0.25) is 4.79 Å². The summed E-state index contributed by atoms with van der Waals surface area (Å²) in [6.07, 6.45) is 0.731. The van der Waals surface area contributed by atoms with Crippen LogP contribution in [-0.4, -0.2) is 25.3 Å². The molecule has 29 heavy (non-hydrogen) atoms. The lowest BCUT2D eigenvalue weighted by molar-refractivity contribution is -0.145. The molecule has 3 rings (SSSR count). The molecule has 3 aromatic rings. The molecule has 0 fully saturated rings. The van der Waals surface area contributed by atoms with Crippen LogP contribution >= 0.6 is 0 Å². The number of carbonyl (C=O) groups excluding carboxylic acids is 1. The monoisotopic (exact) mass is 399 g/mol. The van der Waals surface area contributed by atoms with Crippen molar-refractivity contribution in [2.75, 3.05) is 14.2 Å². The summed E-state index contributed by atoms with van der Waals surface area (Å²) in [5.41, 5.74) is 2.94. The second-order valence-corrected chi connectivity index (χ2v) is 6.44. The summed E-state index contributed by atoms with van der Waals surface area (Å²) in [7, 11) is 3.14. The number of halogens is 1. The first-order chi connectivity index (χ1) is 14.0. The van der Waals surface area contributed by atoms with Crippen molar-refractivity contribution in [3.63, 3.8) is 0 Å². The molecule has 0 atom stereocenters. The Balaban J connectivity index is 1.55. The summed E-state index contributed by atoms with van der Waals surface area (Å²) >= 11 is 0. The number of carbonyl (C=O) groups is 1. The average Bonchev–Trinajstić information content (AvgIpc) is 3.11. The van der Waals surface area contributed by atoms with E-state index < -0.39 is 0 Å². The number of rotatable bonds is 8. The van der Waals surface area contributed by atoms with Gasteiger partial charge in [0.15, 0.2) is 17.3 Å². The van der Waals surface area contributed by atoms with E-state index in [9.17, 15) is 9.18 Å². The standard InChI is InChI=1S/C22H22FNO5/c1-14-18(24-29-22(14)16-6-8-17(23)9-7-16)13-28-21(25)11-5-15-4-10-19(26-2)20(12-15)27-3/h4,6-10,12H,5,11,13H2,1-3H3. The van der Waals surface area contributed by atoms with Gasteiger partial charge in [-0.15, -0.1) is 0 Å². The molecule has 7 heteroatoms. The minimum absolute atomic E-state index is 0.0152. The Morgan fingerprint density at radius 3 is 2.48 bits per heavy atom. The van der Waals surface area contributed by atoms with Gasteiger partial charge in [0, 0.05) is 17.5 Å². The average molecular weight is 399 g/mol. The smallest absolute Gasteiger partial charge is 0.306 e. The molecule has 6 nitrogen and oxygen atoms in total. The van der Waals surface area contributed by atoms with Crippen LogP contribution in [0.3, 0.4) is 0 Å². The number of hydrogen-bond donors (Lipinski definition) is 0. The van der Waals surface area contributed by atoms with E-state index in [-0.39, 0.29) is 24.8 Å². The fraction of sp³-hybridized carbons (Fsp3) is 0.273. The third-order valence-electron chi connectivity index (χ3n) is 4.56. The third kappa shape index (κ3) is 4.93. The molecule has 0 saturated carbocycles. The second-order valence-electron chi connectivity index (χ2n) is 6.44. The zero-order valence-electron chi connectivity index (χ0n) is 16.5. The number of hydrogen-bond acceptors (Lipinski definition) is 6. The molecule has 152 valence electrons. The van der Waals surface area contributed by atoms with Gasteiger partial charge in [-0.05, 0) is 55.3 Å². The molecule has 0 amide bonds. The summed E-state index contributed by atoms with van der Waals surface area (Å²) in [6, 6.07) is 11.4. The molecule has 1 aromatic heterocycles. The third-order valence-corrected chi connectivity index (χ3v) is 4.56. The van der Waals surface area contributed by atoms with Gasteiger partial charge in [0.05, 0.1) is 14.2 Å². The van der Waals surface area contributed by atoms with Crippen LogP contribution in [-0.2, 0) is 22.6 Å². The Morgan fingerprint density at radius 1 is 1.07 bits per heavy atom. The van der Waals surface area contributed by atoms with Gasteiger partial charge in [0.1, 0.15) is 18.1 Å². The Bertz CT molecular complexity index is 981. The van der Waals surface area contributed by atoms with Gasteiger partial charge < -0.3 is 18.7 Å². The molecule has 0 unspecified atom stereocenters. The first kappa shape index (κ1) is 20.4. The van der Waals surface area contributed by atoms with Crippen LogP contribution in [0.25, 0.3) is 11.3 Å². The maximum absolute atomic E-state index is 13.1. The van der Waals surface area contributed by atoms with Crippen molar-refractivity contribution in [3.05, 3.63) is 65.1 Å². The van der Waals surface area contributed by atoms with E-state index in [2.05, 4.69) is 5.16 Å². The molecule has 0 radical (unpaired) electrons. The molecule has 0 aliphatic carbocycles. The van der Waals surface area contributed by atoms with E-state index in [0.29, 0.717) is 34.9 Å². The summed E-state index contributed by atoms with van der Waals surface area (Å²) in [4.78, 5) is 12.1. The number of aryl methyl sites for hydroxylation is 1. The van der Waals surface area contributed by atoms with Gasteiger partial charge >= 0.3 is 5.97 Å². The fourth-order valence-electron chi connectivity index (χ4n) is 2.88. The molecule has 0 aliphatic rings. The number of nitrogens with zero attached hydrogens (tertiary/aromatic N) is 1. The molecule has 1 heterocycles. The highest BCUT2D eigenvalue weighted by atomic mass is 19.1. The van der Waals surface area contributed by atoms with E-state index in [1.165, 1.54) is 12.1 Å². The van der Waals surface area contributed by atoms with Crippen molar-refractivity contribution >= 4 is 5.97 Å². The second kappa shape index (κ2) is 9.23. The van der Waals surface area contributed by atoms with E-state index >= 15 is 0 Å². The van der Waals surface area contributed by atoms with Crippen molar-refractivity contribution in [1.29, 1.82) is 0 Å². The van der Waals surface area contributed by atoms with Crippen LogP contribution in [0.5, 0.6) is 11.5 Å². The van der Waals surface area contributed by atoms with Crippen molar-refractivity contribution in [2.24, 2.45) is 0 Å². The van der Waals surface area contributed by atoms with Crippen LogP contribution in [0.1, 0.15) is 23.2 Å². The normalized spacial score (nSPS) is 10.6. The zero-order valence-corrected chi connectivity index (χ0v) is 16.5. The first-order valence-electron chi connectivity index (χ1n) is 9.09. The maximum atomic E-state index is 13.1. The molecular weight excluding hydrogens is 377 g/mol. The van der Waals surface area contributed by atoms with E-state index in [4.69, 9.17) is 18.7 Å². The van der Waals surface area contributed by atoms with Crippen molar-refractivity contribution in [2.45, 2.75) is 26.4 Å². The largest absolute Gasteiger partial charge is 0.493 e. The Kier molecular flexibility index (Phi) is 6.49. The number of ether oxygens (including phenoxy) is 3. The van der Waals surface area contributed by atoms with Gasteiger partial charge in [-0.2, -0.15) is 0 Å². The SMILES string of the molecule is COc1ccc(CCC(=O)OCc2noc(-c3ccc(F)cc3)c2C)cc1OC. The molecule has 0 aliphatic heterocycles. The van der Waals surface area contributed by atoms with Gasteiger partial charge in [-0.25, -0.2) is 4.39 Å². The van der Waals surface area contributed by atoms with Crippen LogP contribution in [0.2, 0.25) is 0 Å². The fourth-order valence-corrected chi connectivity index (χ4v) is 2.88. The topological polar surface area (TPSA) is 70.8 Å². The number of methoxy groups -OCH3 is 2. The van der Waals surface area contributed by atoms with Crippen LogP contribution < -0.4 is 9.47 Å². The molecular formula is C22H22FNO5. The summed E-state index contributed by atoms with van der Waals surface area (Å²) in [6.45, 7) is 1.84. The predicted molar refractivity (Wildman–Crippen MR) is 104 cm³/mol. The lowest BCUT2D eigenvalue weighted by Gasteiger charge is -2.09. The summed E-state index contributed by atoms with van der Waals surface area (Å²) < 4.78 is 34.2. The van der Waals surface area contributed by atoms with Gasteiger partial charge in [-0.1, -0.05) is 11.2 Å². The number of benzene rings is 2. The highest BCUT2D eigenvalue weighted by Crippen LogP contribution is 2.28. The quantitative estimate of drug-likeness (QED) is 0.520. The zero-order chi connectivity index (χ0) is 20.8. The predicted octanol–water partition coefficient (Wildman–Crippen LogP) is 4.48. The Morgan fingerprint density at radius 2 is 1.79 bits per heavy atom. The van der Waals surface area contributed by atoms with E-state index in [1.54, 1.807) is 32.4 Å². The summed E-state index contributed by atoms with van der Waals surface area (Å²) in [5.74, 6) is 1.11. The van der Waals surface area contributed by atoms with Crippen LogP contribution in [0.4, 0.5) is 4.39 Å². The maximum Gasteiger partial charge on any atom is 0.306 e. The van der Waals surface area contributed by atoms with Crippen molar-refractivity contribution in [1.82, 2.24) is 5.16 Å². The van der Waals surface area contributed by atoms with Crippen LogP contribution in [0.15, 0.2) is 47.0 Å². The molecule has 0 spiro atoms. The minimum Gasteiger partial charge on any atom is -0.493 e. The van der Waals surface area contributed by atoms with E-state index in [0.717, 1.165) is 11.1 Å². The highest BCUT2D eigenvalue weighted by Gasteiger charge is 2.16. The van der Waals surface area contributed by atoms with Crippen molar-refractivity contribution < 1.29 is 27.9 Å². The number of aromatic nitrogens is 1. The van der Waals surface area contributed by atoms with Gasteiger partial charge in [0.25, 0.3) is 0 Å². The van der Waals surface area contributed by atoms with Crippen molar-refractivity contribution in [3.8, 4) is 22.8 Å². The lowest BCUT2D eigenvalue weighted by Crippen LogP contribution is -2.07. The number of esters is 1. The summed E-state index contributed by atoms with van der Waals surface area (Å²) in [5, 5.41) is 3.97. The lowest BCUT2D eigenvalue weighted by atomic mass is 10.1. The highest BCUT2D eigenvalue weighted by molar-refractivity contribution is 5.70. The van der Waals surface area contributed by atoms with Gasteiger partial charge in [0.2, 0.25) is 0 Å². The Labute approximate surface area is 168 Å². The Hall–Kier alpha value is -3.35. The molecule has 0 bridgehead atoms. The van der Waals surface area contributed by atoms with E-state index in [1.807, 2.05) is 19.1 Å². The molecule has 0 N–H and O–H groups in total.